The topological polar surface area (TPSA) is 50.7 Å². The maximum absolute atomic E-state index is 12.8. The van der Waals surface area contributed by atoms with E-state index in [1.54, 1.807) is 13.3 Å². The third-order valence-corrected chi connectivity index (χ3v) is 4.05. The van der Waals surface area contributed by atoms with Gasteiger partial charge in [-0.25, -0.2) is 5.43 Å². The van der Waals surface area contributed by atoms with Crippen molar-refractivity contribution in [3.63, 3.8) is 0 Å². The SMILES string of the molecule is COc1ccccc1/C=N/NC(=O)C(c1ccccc1)c1ccccc1. The largest absolute Gasteiger partial charge is 0.496 e. The monoisotopic (exact) mass is 344 g/mol. The van der Waals surface area contributed by atoms with Gasteiger partial charge in [-0.3, -0.25) is 4.79 Å². The van der Waals surface area contributed by atoms with Gasteiger partial charge in [-0.05, 0) is 23.3 Å². The summed E-state index contributed by atoms with van der Waals surface area (Å²) in [6.07, 6.45) is 1.59. The summed E-state index contributed by atoms with van der Waals surface area (Å²) < 4.78 is 5.29. The van der Waals surface area contributed by atoms with Crippen molar-refractivity contribution in [2.24, 2.45) is 5.10 Å². The number of carbonyl (C=O) groups is 1. The second-order valence-electron chi connectivity index (χ2n) is 5.73. The molecule has 0 aliphatic rings. The lowest BCUT2D eigenvalue weighted by molar-refractivity contribution is -0.121. The number of carbonyl (C=O) groups excluding carboxylic acids is 1. The molecule has 4 heteroatoms. The van der Waals surface area contributed by atoms with Crippen molar-refractivity contribution in [1.29, 1.82) is 0 Å². The zero-order valence-corrected chi connectivity index (χ0v) is 14.5. The Morgan fingerprint density at radius 1 is 0.885 bits per heavy atom. The molecule has 0 saturated heterocycles. The maximum Gasteiger partial charge on any atom is 0.252 e. The smallest absolute Gasteiger partial charge is 0.252 e. The average Bonchev–Trinajstić information content (AvgIpc) is 2.70. The van der Waals surface area contributed by atoms with Gasteiger partial charge in [-0.2, -0.15) is 5.10 Å². The Morgan fingerprint density at radius 3 is 2.00 bits per heavy atom. The van der Waals surface area contributed by atoms with Crippen molar-refractivity contribution < 1.29 is 9.53 Å². The molecular formula is C22H20N2O2. The predicted octanol–water partition coefficient (Wildman–Crippen LogP) is 3.98. The van der Waals surface area contributed by atoms with Crippen molar-refractivity contribution >= 4 is 12.1 Å². The molecule has 0 aliphatic heterocycles. The molecule has 3 aromatic rings. The molecule has 1 amide bonds. The Balaban J connectivity index is 1.81. The van der Waals surface area contributed by atoms with Crippen LogP contribution in [0.15, 0.2) is 90.0 Å². The van der Waals surface area contributed by atoms with E-state index < -0.39 is 5.92 Å². The molecule has 0 spiro atoms. The third kappa shape index (κ3) is 4.16. The number of hydrogen-bond acceptors (Lipinski definition) is 3. The average molecular weight is 344 g/mol. The summed E-state index contributed by atoms with van der Waals surface area (Å²) in [6.45, 7) is 0. The minimum absolute atomic E-state index is 0.187. The highest BCUT2D eigenvalue weighted by molar-refractivity contribution is 5.89. The maximum atomic E-state index is 12.8. The second kappa shape index (κ2) is 8.62. The van der Waals surface area contributed by atoms with Crippen LogP contribution in [0, 0.1) is 0 Å². The van der Waals surface area contributed by atoms with Crippen molar-refractivity contribution in [3.05, 3.63) is 102 Å². The summed E-state index contributed by atoms with van der Waals surface area (Å²) in [5.41, 5.74) is 5.29. The standard InChI is InChI=1S/C22H20N2O2/c1-26-20-15-9-8-14-19(20)16-23-24-22(25)21(17-10-4-2-5-11-17)18-12-6-3-7-13-18/h2-16,21H,1H3,(H,24,25)/b23-16+. The lowest BCUT2D eigenvalue weighted by atomic mass is 9.91. The van der Waals surface area contributed by atoms with E-state index in [1.807, 2.05) is 84.9 Å². The normalized spacial score (nSPS) is 10.8. The van der Waals surface area contributed by atoms with Gasteiger partial charge < -0.3 is 4.74 Å². The summed E-state index contributed by atoms with van der Waals surface area (Å²) in [5.74, 6) is 0.0916. The first-order valence-electron chi connectivity index (χ1n) is 8.35. The zero-order valence-electron chi connectivity index (χ0n) is 14.5. The zero-order chi connectivity index (χ0) is 18.2. The van der Waals surface area contributed by atoms with Crippen LogP contribution in [0.25, 0.3) is 0 Å². The molecule has 130 valence electrons. The lowest BCUT2D eigenvalue weighted by Crippen LogP contribution is -2.26. The fourth-order valence-electron chi connectivity index (χ4n) is 2.79. The van der Waals surface area contributed by atoms with E-state index in [4.69, 9.17) is 4.74 Å². The highest BCUT2D eigenvalue weighted by Crippen LogP contribution is 2.24. The van der Waals surface area contributed by atoms with Crippen LogP contribution in [-0.2, 0) is 4.79 Å². The van der Waals surface area contributed by atoms with E-state index in [2.05, 4.69) is 10.5 Å². The number of nitrogens with zero attached hydrogens (tertiary/aromatic N) is 1. The number of amides is 1. The van der Waals surface area contributed by atoms with Gasteiger partial charge in [-0.15, -0.1) is 0 Å². The number of rotatable bonds is 6. The molecule has 0 atom stereocenters. The molecule has 0 bridgehead atoms. The molecule has 0 saturated carbocycles. The minimum Gasteiger partial charge on any atom is -0.496 e. The van der Waals surface area contributed by atoms with E-state index in [0.717, 1.165) is 16.7 Å². The van der Waals surface area contributed by atoms with Crippen LogP contribution in [0.4, 0.5) is 0 Å². The molecule has 26 heavy (non-hydrogen) atoms. The first-order valence-corrected chi connectivity index (χ1v) is 8.35. The summed E-state index contributed by atoms with van der Waals surface area (Å²) in [4.78, 5) is 12.8. The van der Waals surface area contributed by atoms with Gasteiger partial charge in [0.05, 0.1) is 19.2 Å². The fraction of sp³-hybridized carbons (Fsp3) is 0.0909. The fourth-order valence-corrected chi connectivity index (χ4v) is 2.79. The molecule has 0 heterocycles. The van der Waals surface area contributed by atoms with Crippen LogP contribution in [0.1, 0.15) is 22.6 Å². The molecule has 0 fully saturated rings. The first-order chi connectivity index (χ1) is 12.8. The van der Waals surface area contributed by atoms with Gasteiger partial charge in [0.15, 0.2) is 0 Å². The van der Waals surface area contributed by atoms with Crippen LogP contribution in [0.5, 0.6) is 5.75 Å². The van der Waals surface area contributed by atoms with Crippen molar-refractivity contribution in [1.82, 2.24) is 5.43 Å². The number of benzene rings is 3. The van der Waals surface area contributed by atoms with E-state index in [-0.39, 0.29) is 5.91 Å². The molecule has 1 N–H and O–H groups in total. The van der Waals surface area contributed by atoms with Crippen molar-refractivity contribution in [2.75, 3.05) is 7.11 Å². The summed E-state index contributed by atoms with van der Waals surface area (Å²) in [5, 5.41) is 4.12. The van der Waals surface area contributed by atoms with E-state index >= 15 is 0 Å². The molecular weight excluding hydrogens is 324 g/mol. The first kappa shape index (κ1) is 17.4. The van der Waals surface area contributed by atoms with Gasteiger partial charge in [0.25, 0.3) is 5.91 Å². The van der Waals surface area contributed by atoms with Crippen molar-refractivity contribution in [3.8, 4) is 5.75 Å². The van der Waals surface area contributed by atoms with Gasteiger partial charge >= 0.3 is 0 Å². The third-order valence-electron chi connectivity index (χ3n) is 4.05. The Morgan fingerprint density at radius 2 is 1.42 bits per heavy atom. The number of hydrogen-bond donors (Lipinski definition) is 1. The molecule has 4 nitrogen and oxygen atoms in total. The molecule has 3 aromatic carbocycles. The molecule has 0 radical (unpaired) electrons. The molecule has 0 aromatic heterocycles. The highest BCUT2D eigenvalue weighted by Gasteiger charge is 2.22. The van der Waals surface area contributed by atoms with Crippen LogP contribution in [-0.4, -0.2) is 19.2 Å². The van der Waals surface area contributed by atoms with Gasteiger partial charge in [0.2, 0.25) is 0 Å². The second-order valence-corrected chi connectivity index (χ2v) is 5.73. The van der Waals surface area contributed by atoms with Crippen LogP contribution >= 0.6 is 0 Å². The number of nitrogens with one attached hydrogen (secondary N) is 1. The molecule has 0 unspecified atom stereocenters. The summed E-state index contributed by atoms with van der Waals surface area (Å²) in [6, 6.07) is 26.9. The number of ether oxygens (including phenoxy) is 1. The van der Waals surface area contributed by atoms with Gasteiger partial charge in [-0.1, -0.05) is 72.8 Å². The summed E-state index contributed by atoms with van der Waals surface area (Å²) >= 11 is 0. The lowest BCUT2D eigenvalue weighted by Gasteiger charge is -2.16. The van der Waals surface area contributed by atoms with Gasteiger partial charge in [0.1, 0.15) is 5.75 Å². The van der Waals surface area contributed by atoms with Crippen LogP contribution < -0.4 is 10.2 Å². The quantitative estimate of drug-likeness (QED) is 0.543. The Labute approximate surface area is 153 Å². The van der Waals surface area contributed by atoms with E-state index in [0.29, 0.717) is 5.75 Å². The van der Waals surface area contributed by atoms with Gasteiger partial charge in [0, 0.05) is 5.56 Å². The Kier molecular flexibility index (Phi) is 5.78. The predicted molar refractivity (Wildman–Crippen MR) is 103 cm³/mol. The van der Waals surface area contributed by atoms with Crippen molar-refractivity contribution in [2.45, 2.75) is 5.92 Å². The highest BCUT2D eigenvalue weighted by atomic mass is 16.5. The van der Waals surface area contributed by atoms with Crippen LogP contribution in [0.3, 0.4) is 0 Å². The Bertz CT molecular complexity index is 837. The number of hydrazone groups is 1. The minimum atomic E-state index is -0.424. The summed E-state index contributed by atoms with van der Waals surface area (Å²) in [7, 11) is 1.60. The van der Waals surface area contributed by atoms with E-state index in [9.17, 15) is 4.79 Å². The van der Waals surface area contributed by atoms with Crippen LogP contribution in [0.2, 0.25) is 0 Å². The number of methoxy groups -OCH3 is 1. The molecule has 0 aliphatic carbocycles. The van der Waals surface area contributed by atoms with E-state index in [1.165, 1.54) is 0 Å². The molecule has 3 rings (SSSR count). The number of para-hydroxylation sites is 1. The Hall–Kier alpha value is -3.40.